The third kappa shape index (κ3) is 5.91. The molecule has 16 aromatic rings. The summed E-state index contributed by atoms with van der Waals surface area (Å²) in [6, 6.07) is 117. The van der Waals surface area contributed by atoms with Crippen molar-refractivity contribution in [1.82, 2.24) is 9.13 Å². The fourth-order valence-corrected chi connectivity index (χ4v) is 17.0. The molecule has 3 nitrogen and oxygen atoms in total. The van der Waals surface area contributed by atoms with Crippen molar-refractivity contribution >= 4 is 71.4 Å². The molecule has 3 aliphatic carbocycles. The lowest BCUT2D eigenvalue weighted by Crippen LogP contribution is -2.33. The largest absolute Gasteiger partial charge is 0.310 e. The molecule has 0 saturated heterocycles. The molecular formula is C84H51N3. The van der Waals surface area contributed by atoms with Crippen LogP contribution in [0, 0.1) is 0 Å². The fourth-order valence-electron chi connectivity index (χ4n) is 17.0. The molecule has 0 bridgehead atoms. The van der Waals surface area contributed by atoms with E-state index < -0.39 is 10.8 Å². The number of aromatic nitrogens is 2. The van der Waals surface area contributed by atoms with E-state index in [4.69, 9.17) is 0 Å². The van der Waals surface area contributed by atoms with Gasteiger partial charge in [0, 0.05) is 44.2 Å². The van der Waals surface area contributed by atoms with Gasteiger partial charge in [0.2, 0.25) is 0 Å². The Labute approximate surface area is 503 Å². The van der Waals surface area contributed by atoms with E-state index in [-0.39, 0.29) is 0 Å². The van der Waals surface area contributed by atoms with Crippen molar-refractivity contribution in [2.45, 2.75) is 10.8 Å². The summed E-state index contributed by atoms with van der Waals surface area (Å²) in [7, 11) is 0. The van der Waals surface area contributed by atoms with E-state index >= 15 is 0 Å². The maximum Gasteiger partial charge on any atom is 0.0755 e. The zero-order valence-electron chi connectivity index (χ0n) is 47.3. The predicted octanol–water partition coefficient (Wildman–Crippen LogP) is 21.2. The first-order valence-corrected chi connectivity index (χ1v) is 30.4. The van der Waals surface area contributed by atoms with E-state index in [1.807, 2.05) is 0 Å². The van der Waals surface area contributed by atoms with Crippen LogP contribution in [0.4, 0.5) is 17.1 Å². The summed E-state index contributed by atoms with van der Waals surface area (Å²) < 4.78 is 4.93. The SMILES string of the molecule is c1ccc2c(c1)-c1ccc(N(c3ccc(-c4ccc(-n5c6ccccc6c6ccccc65)cc4)cc3)c3cccc4c3-c3ccccc3C43c4ccccc4-n4c5ccccc5c5cccc3c54)cc1C21c2ccccc2-c2c1ccc1ccccc21. The van der Waals surface area contributed by atoms with E-state index in [1.165, 1.54) is 144 Å². The van der Waals surface area contributed by atoms with Crippen LogP contribution in [-0.2, 0) is 10.8 Å². The molecule has 4 aliphatic rings. The molecular weight excluding hydrogens is 1050 g/mol. The summed E-state index contributed by atoms with van der Waals surface area (Å²) in [6.45, 7) is 0. The molecule has 3 heteroatoms. The Morgan fingerprint density at radius 3 is 1.45 bits per heavy atom. The van der Waals surface area contributed by atoms with Gasteiger partial charge in [0.05, 0.1) is 44.3 Å². The van der Waals surface area contributed by atoms with E-state index in [0.717, 1.165) is 28.3 Å². The third-order valence-corrected chi connectivity index (χ3v) is 20.3. The molecule has 14 aromatic carbocycles. The Kier molecular flexibility index (Phi) is 9.32. The second kappa shape index (κ2) is 17.2. The summed E-state index contributed by atoms with van der Waals surface area (Å²) >= 11 is 0. The minimum absolute atomic E-state index is 0.558. The average molecular weight is 1100 g/mol. The molecule has 20 rings (SSSR count). The maximum absolute atomic E-state index is 2.58. The van der Waals surface area contributed by atoms with Crippen molar-refractivity contribution in [2.75, 3.05) is 4.90 Å². The lowest BCUT2D eigenvalue weighted by molar-refractivity contribution is 0.748. The lowest BCUT2D eigenvalue weighted by Gasteiger charge is -2.39. The van der Waals surface area contributed by atoms with Crippen LogP contribution in [0.1, 0.15) is 44.5 Å². The van der Waals surface area contributed by atoms with Crippen LogP contribution in [0.15, 0.2) is 309 Å². The number of para-hydroxylation sites is 5. The highest BCUT2D eigenvalue weighted by molar-refractivity contribution is 6.14. The average Bonchev–Trinajstić information content (AvgIpc) is 1.54. The summed E-state index contributed by atoms with van der Waals surface area (Å²) in [5, 5.41) is 7.62. The van der Waals surface area contributed by atoms with Crippen LogP contribution in [0.2, 0.25) is 0 Å². The zero-order chi connectivity index (χ0) is 56.7. The molecule has 0 radical (unpaired) electrons. The second-order valence-electron chi connectivity index (χ2n) is 24.1. The first-order chi connectivity index (χ1) is 43.2. The van der Waals surface area contributed by atoms with Gasteiger partial charge < -0.3 is 14.0 Å². The van der Waals surface area contributed by atoms with E-state index in [0.29, 0.717) is 0 Å². The number of anilines is 3. The Morgan fingerprint density at radius 1 is 0.264 bits per heavy atom. The molecule has 2 atom stereocenters. The molecule has 2 unspecified atom stereocenters. The predicted molar refractivity (Wildman–Crippen MR) is 360 cm³/mol. The Morgan fingerprint density at radius 2 is 0.736 bits per heavy atom. The molecule has 0 N–H and O–H groups in total. The van der Waals surface area contributed by atoms with Gasteiger partial charge in [-0.25, -0.2) is 0 Å². The highest BCUT2D eigenvalue weighted by Gasteiger charge is 2.54. The maximum atomic E-state index is 2.58. The lowest BCUT2D eigenvalue weighted by atomic mass is 9.65. The van der Waals surface area contributed by atoms with Crippen molar-refractivity contribution < 1.29 is 0 Å². The molecule has 2 aromatic heterocycles. The van der Waals surface area contributed by atoms with Crippen molar-refractivity contribution in [3.8, 4) is 55.9 Å². The summed E-state index contributed by atoms with van der Waals surface area (Å²) in [4.78, 5) is 2.58. The Balaban J connectivity index is 0.826. The highest BCUT2D eigenvalue weighted by atomic mass is 15.1. The summed E-state index contributed by atoms with van der Waals surface area (Å²) in [6.07, 6.45) is 0. The fraction of sp³-hybridized carbons (Fsp3) is 0.0238. The molecule has 0 saturated carbocycles. The number of nitrogens with zero attached hydrogens (tertiary/aromatic N) is 3. The van der Waals surface area contributed by atoms with Gasteiger partial charge in [0.25, 0.3) is 0 Å². The van der Waals surface area contributed by atoms with Crippen molar-refractivity contribution in [3.05, 3.63) is 354 Å². The van der Waals surface area contributed by atoms with Gasteiger partial charge in [0.1, 0.15) is 0 Å². The van der Waals surface area contributed by atoms with Crippen molar-refractivity contribution in [2.24, 2.45) is 0 Å². The third-order valence-electron chi connectivity index (χ3n) is 20.3. The van der Waals surface area contributed by atoms with E-state index in [9.17, 15) is 0 Å². The van der Waals surface area contributed by atoms with Crippen LogP contribution in [0.25, 0.3) is 110 Å². The first-order valence-electron chi connectivity index (χ1n) is 30.4. The monoisotopic (exact) mass is 1100 g/mol. The molecule has 2 spiro atoms. The summed E-state index contributed by atoms with van der Waals surface area (Å²) in [5.41, 5.74) is 29.9. The van der Waals surface area contributed by atoms with Crippen LogP contribution < -0.4 is 4.90 Å². The molecule has 402 valence electrons. The van der Waals surface area contributed by atoms with Gasteiger partial charge in [-0.15, -0.1) is 0 Å². The smallest absolute Gasteiger partial charge is 0.0755 e. The van der Waals surface area contributed by atoms with Crippen molar-refractivity contribution in [1.29, 1.82) is 0 Å². The van der Waals surface area contributed by atoms with Gasteiger partial charge in [-0.3, -0.25) is 0 Å². The number of rotatable bonds is 5. The van der Waals surface area contributed by atoms with E-state index in [2.05, 4.69) is 323 Å². The van der Waals surface area contributed by atoms with Gasteiger partial charge >= 0.3 is 0 Å². The highest BCUT2D eigenvalue weighted by Crippen LogP contribution is 2.66. The number of fused-ring (bicyclic) bond motifs is 27. The molecule has 1 aliphatic heterocycles. The minimum Gasteiger partial charge on any atom is -0.310 e. The molecule has 0 fully saturated rings. The van der Waals surface area contributed by atoms with Gasteiger partial charge in [-0.2, -0.15) is 0 Å². The number of benzene rings is 14. The molecule has 0 amide bonds. The molecule has 87 heavy (non-hydrogen) atoms. The summed E-state index contributed by atoms with van der Waals surface area (Å²) in [5.74, 6) is 0. The minimum atomic E-state index is -0.618. The Bertz CT molecular complexity index is 5610. The molecule has 3 heterocycles. The van der Waals surface area contributed by atoms with Crippen LogP contribution in [0.5, 0.6) is 0 Å². The number of hydrogen-bond acceptors (Lipinski definition) is 1. The van der Waals surface area contributed by atoms with Crippen LogP contribution in [-0.4, -0.2) is 9.13 Å². The topological polar surface area (TPSA) is 13.1 Å². The zero-order valence-corrected chi connectivity index (χ0v) is 47.3. The second-order valence-corrected chi connectivity index (χ2v) is 24.1. The quantitative estimate of drug-likeness (QED) is 0.167. The van der Waals surface area contributed by atoms with E-state index in [1.54, 1.807) is 0 Å². The van der Waals surface area contributed by atoms with Crippen LogP contribution >= 0.6 is 0 Å². The number of hydrogen-bond donors (Lipinski definition) is 0. The standard InChI is InChI=1S/C84H51N3/c1-2-20-58-54(19-1)43-50-72-80(58)65-25-4-10-29-68(65)83(72)67-28-9-3-21-59(67)60-49-48-57(51-74(60)83)85(55-44-39-52(40-45-55)53-41-46-56(47-42-53)86-75-34-13-6-22-61(75)62-23-7-14-35-76(62)86)79-38-18-32-71-81(79)66-26-5-11-30-69(66)84(71)70-31-12-16-37-78(70)87-77-36-15-8-24-63(77)64-27-17-33-73(84)82(64)87/h1-51H. The first kappa shape index (κ1) is 47.1. The van der Waals surface area contributed by atoms with Crippen LogP contribution in [0.3, 0.4) is 0 Å². The van der Waals surface area contributed by atoms with Gasteiger partial charge in [-0.05, 0) is 161 Å². The Hall–Kier alpha value is -11.3. The van der Waals surface area contributed by atoms with Gasteiger partial charge in [0.15, 0.2) is 0 Å². The van der Waals surface area contributed by atoms with Crippen molar-refractivity contribution in [3.63, 3.8) is 0 Å². The normalized spacial score (nSPS) is 16.1. The van der Waals surface area contributed by atoms with Gasteiger partial charge in [-0.1, -0.05) is 243 Å².